The summed E-state index contributed by atoms with van der Waals surface area (Å²) < 4.78 is 0. The highest BCUT2D eigenvalue weighted by Gasteiger charge is 2.23. The average Bonchev–Trinajstić information content (AvgIpc) is 2.42. The number of hydrogen-bond acceptors (Lipinski definition) is 3. The lowest BCUT2D eigenvalue weighted by molar-refractivity contribution is -0.121. The topological polar surface area (TPSA) is 99.8 Å². The zero-order chi connectivity index (χ0) is 16.5. The Morgan fingerprint density at radius 1 is 1.39 bits per heavy atom. The molecule has 2 amide bonds. The number of nitrogens with zero attached hydrogens (tertiary/aromatic N) is 2. The Bertz CT molecular complexity index is 415. The minimum Gasteiger partial charge on any atom is -0.370 e. The maximum atomic E-state index is 11.6. The van der Waals surface area contributed by atoms with E-state index in [4.69, 9.17) is 5.73 Å². The first-order valence-electron chi connectivity index (χ1n) is 7.95. The first kappa shape index (κ1) is 21.9. The molecule has 1 saturated heterocycles. The summed E-state index contributed by atoms with van der Waals surface area (Å²) >= 11 is 0. The fraction of sp³-hybridized carbons (Fsp3) is 0.800. The van der Waals surface area contributed by atoms with E-state index in [1.54, 1.807) is 7.05 Å². The molecule has 0 bridgehead atoms. The van der Waals surface area contributed by atoms with Crippen molar-refractivity contribution in [2.45, 2.75) is 45.6 Å². The predicted octanol–water partition coefficient (Wildman–Crippen LogP) is 0.682. The molecular formula is C15H30IN5O2. The van der Waals surface area contributed by atoms with Crippen molar-refractivity contribution in [3.63, 3.8) is 0 Å². The number of nitrogens with one attached hydrogen (secondary N) is 2. The minimum absolute atomic E-state index is 0. The Morgan fingerprint density at radius 2 is 2.09 bits per heavy atom. The van der Waals surface area contributed by atoms with Crippen LogP contribution in [0.2, 0.25) is 0 Å². The normalized spacial score (nSPS) is 18.3. The number of guanidine groups is 1. The van der Waals surface area contributed by atoms with Crippen LogP contribution >= 0.6 is 24.0 Å². The maximum Gasteiger partial charge on any atom is 0.221 e. The first-order chi connectivity index (χ1) is 10.4. The van der Waals surface area contributed by atoms with Gasteiger partial charge in [-0.05, 0) is 32.6 Å². The standard InChI is InChI=1S/C15H29N5O2.HI/c1-11(2)19-14(22)6-7-18-15(17-3)20-8-4-5-12(10-20)9-13(16)21;/h11-12H,4-10H2,1-3H3,(H2,16,21)(H,17,18)(H,19,22);1H. The van der Waals surface area contributed by atoms with Crippen molar-refractivity contribution in [2.75, 3.05) is 26.7 Å². The van der Waals surface area contributed by atoms with Crippen LogP contribution in [0.15, 0.2) is 4.99 Å². The van der Waals surface area contributed by atoms with Crippen LogP contribution < -0.4 is 16.4 Å². The van der Waals surface area contributed by atoms with Crippen LogP contribution in [-0.2, 0) is 9.59 Å². The summed E-state index contributed by atoms with van der Waals surface area (Å²) in [4.78, 5) is 29.1. The van der Waals surface area contributed by atoms with Crippen molar-refractivity contribution >= 4 is 41.8 Å². The molecule has 0 aromatic carbocycles. The van der Waals surface area contributed by atoms with Gasteiger partial charge in [-0.25, -0.2) is 0 Å². The summed E-state index contributed by atoms with van der Waals surface area (Å²) in [5.41, 5.74) is 5.28. The first-order valence-corrected chi connectivity index (χ1v) is 7.95. The minimum atomic E-state index is -0.250. The number of carbonyl (C=O) groups is 2. The van der Waals surface area contributed by atoms with Gasteiger partial charge in [0.1, 0.15) is 0 Å². The van der Waals surface area contributed by atoms with E-state index in [0.717, 1.165) is 31.9 Å². The maximum absolute atomic E-state index is 11.6. The summed E-state index contributed by atoms with van der Waals surface area (Å²) in [5, 5.41) is 6.07. The molecule has 1 atom stereocenters. The molecule has 7 nitrogen and oxygen atoms in total. The van der Waals surface area contributed by atoms with E-state index >= 15 is 0 Å². The number of rotatable bonds is 6. The summed E-state index contributed by atoms with van der Waals surface area (Å²) in [6.07, 6.45) is 2.87. The summed E-state index contributed by atoms with van der Waals surface area (Å²) in [6, 6.07) is 0.156. The SMILES string of the molecule is CN=C(NCCC(=O)NC(C)C)N1CCCC(CC(N)=O)C1.I. The zero-order valence-electron chi connectivity index (χ0n) is 14.3. The smallest absolute Gasteiger partial charge is 0.221 e. The number of aliphatic imine (C=N–C) groups is 1. The summed E-state index contributed by atoms with van der Waals surface area (Å²) in [6.45, 7) is 6.11. The molecule has 8 heteroatoms. The van der Waals surface area contributed by atoms with Crippen LogP contribution in [0.5, 0.6) is 0 Å². The van der Waals surface area contributed by atoms with Crippen molar-refractivity contribution in [2.24, 2.45) is 16.6 Å². The molecule has 0 spiro atoms. The van der Waals surface area contributed by atoms with Gasteiger partial charge in [-0.3, -0.25) is 14.6 Å². The monoisotopic (exact) mass is 439 g/mol. The highest BCUT2D eigenvalue weighted by molar-refractivity contribution is 14.0. The van der Waals surface area contributed by atoms with Crippen LogP contribution in [-0.4, -0.2) is 55.4 Å². The Morgan fingerprint density at radius 3 is 2.65 bits per heavy atom. The molecule has 1 rings (SSSR count). The van der Waals surface area contributed by atoms with Crippen LogP contribution in [0, 0.1) is 5.92 Å². The molecule has 1 fully saturated rings. The molecular weight excluding hydrogens is 409 g/mol. The van der Waals surface area contributed by atoms with Crippen LogP contribution in [0.4, 0.5) is 0 Å². The quantitative estimate of drug-likeness (QED) is 0.322. The summed E-state index contributed by atoms with van der Waals surface area (Å²) in [7, 11) is 1.73. The van der Waals surface area contributed by atoms with Gasteiger partial charge in [0.2, 0.25) is 11.8 Å². The Balaban J connectivity index is 0.00000484. The molecule has 0 radical (unpaired) electrons. The number of hydrogen-bond donors (Lipinski definition) is 3. The lowest BCUT2D eigenvalue weighted by Crippen LogP contribution is -2.47. The van der Waals surface area contributed by atoms with Gasteiger partial charge in [0, 0.05) is 45.6 Å². The van der Waals surface area contributed by atoms with E-state index in [0.29, 0.717) is 19.4 Å². The lowest BCUT2D eigenvalue weighted by atomic mass is 9.95. The van der Waals surface area contributed by atoms with Crippen molar-refractivity contribution < 1.29 is 9.59 Å². The lowest BCUT2D eigenvalue weighted by Gasteiger charge is -2.34. The Labute approximate surface area is 155 Å². The molecule has 0 aliphatic carbocycles. The van der Waals surface area contributed by atoms with E-state index in [-0.39, 0.29) is 47.8 Å². The zero-order valence-corrected chi connectivity index (χ0v) is 16.6. The summed E-state index contributed by atoms with van der Waals surface area (Å²) in [5.74, 6) is 0.851. The molecule has 0 saturated carbocycles. The molecule has 0 aromatic rings. The molecule has 1 aliphatic rings. The van der Waals surface area contributed by atoms with Crippen molar-refractivity contribution in [3.05, 3.63) is 0 Å². The number of primary amides is 1. The van der Waals surface area contributed by atoms with Crippen LogP contribution in [0.3, 0.4) is 0 Å². The van der Waals surface area contributed by atoms with Crippen molar-refractivity contribution in [3.8, 4) is 0 Å². The van der Waals surface area contributed by atoms with Gasteiger partial charge >= 0.3 is 0 Å². The molecule has 0 aromatic heterocycles. The number of carbonyl (C=O) groups excluding carboxylic acids is 2. The molecule has 1 aliphatic heterocycles. The molecule has 134 valence electrons. The second-order valence-electron chi connectivity index (χ2n) is 6.07. The molecule has 1 unspecified atom stereocenters. The van der Waals surface area contributed by atoms with E-state index < -0.39 is 0 Å². The van der Waals surface area contributed by atoms with Gasteiger partial charge in [-0.15, -0.1) is 24.0 Å². The van der Waals surface area contributed by atoms with Gasteiger partial charge in [-0.2, -0.15) is 0 Å². The number of halogens is 1. The molecule has 23 heavy (non-hydrogen) atoms. The number of amides is 2. The second kappa shape index (κ2) is 11.5. The van der Waals surface area contributed by atoms with Crippen LogP contribution in [0.25, 0.3) is 0 Å². The highest BCUT2D eigenvalue weighted by Crippen LogP contribution is 2.19. The Kier molecular flexibility index (Phi) is 10.9. The highest BCUT2D eigenvalue weighted by atomic mass is 127. The van der Waals surface area contributed by atoms with Gasteiger partial charge in [0.05, 0.1) is 0 Å². The predicted molar refractivity (Wildman–Crippen MR) is 103 cm³/mol. The third-order valence-electron chi connectivity index (χ3n) is 3.61. The van der Waals surface area contributed by atoms with Gasteiger partial charge in [0.15, 0.2) is 5.96 Å². The fourth-order valence-corrected chi connectivity index (χ4v) is 2.72. The fourth-order valence-electron chi connectivity index (χ4n) is 2.72. The molecule has 4 N–H and O–H groups in total. The number of piperidine rings is 1. The van der Waals surface area contributed by atoms with Crippen molar-refractivity contribution in [1.82, 2.24) is 15.5 Å². The van der Waals surface area contributed by atoms with E-state index in [1.165, 1.54) is 0 Å². The average molecular weight is 439 g/mol. The van der Waals surface area contributed by atoms with E-state index in [1.807, 2.05) is 13.8 Å². The Hall–Kier alpha value is -1.06. The molecule has 1 heterocycles. The van der Waals surface area contributed by atoms with Crippen molar-refractivity contribution in [1.29, 1.82) is 0 Å². The van der Waals surface area contributed by atoms with E-state index in [2.05, 4.69) is 20.5 Å². The van der Waals surface area contributed by atoms with E-state index in [9.17, 15) is 9.59 Å². The van der Waals surface area contributed by atoms with Gasteiger partial charge in [-0.1, -0.05) is 0 Å². The van der Waals surface area contributed by atoms with Crippen LogP contribution in [0.1, 0.15) is 39.5 Å². The third-order valence-corrected chi connectivity index (χ3v) is 3.61. The largest absolute Gasteiger partial charge is 0.370 e. The van der Waals surface area contributed by atoms with Gasteiger partial charge in [0.25, 0.3) is 0 Å². The van der Waals surface area contributed by atoms with Gasteiger partial charge < -0.3 is 21.3 Å². The third kappa shape index (κ3) is 8.97. The number of nitrogens with two attached hydrogens (primary N) is 1. The second-order valence-corrected chi connectivity index (χ2v) is 6.07. The number of likely N-dealkylation sites (tertiary alicyclic amines) is 1.